The van der Waals surface area contributed by atoms with Gasteiger partial charge in [0, 0.05) is 23.1 Å². The maximum absolute atomic E-state index is 12.9. The van der Waals surface area contributed by atoms with Gasteiger partial charge >= 0.3 is 0 Å². The van der Waals surface area contributed by atoms with Crippen LogP contribution in [0.15, 0.2) is 60.0 Å². The van der Waals surface area contributed by atoms with Crippen LogP contribution in [0.4, 0.5) is 5.13 Å². The number of ether oxygens (including phenoxy) is 1. The van der Waals surface area contributed by atoms with E-state index >= 15 is 0 Å². The molecule has 3 rings (SSSR count). The normalized spacial score (nSPS) is 10.7. The molecule has 0 bridgehead atoms. The van der Waals surface area contributed by atoms with Gasteiger partial charge in [-0.3, -0.25) is 9.59 Å². The van der Waals surface area contributed by atoms with Gasteiger partial charge < -0.3 is 15.0 Å². The van der Waals surface area contributed by atoms with Crippen molar-refractivity contribution in [1.29, 1.82) is 0 Å². The molecule has 2 amide bonds. The van der Waals surface area contributed by atoms with Gasteiger partial charge in [-0.2, -0.15) is 0 Å². The standard InChI is InChI=1S/C23H25N3O3S/c1-16(2)13-26(22(28)18-9-11-19(29-3)12-10-18)14-21(27)25-23-24-20(15-30-23)17-7-5-4-6-8-17/h4-12,15-16H,13-14H2,1-3H3,(H,24,25,27). The number of thiazole rings is 1. The molecule has 0 aliphatic carbocycles. The van der Waals surface area contributed by atoms with E-state index in [1.807, 2.05) is 49.6 Å². The summed E-state index contributed by atoms with van der Waals surface area (Å²) in [5, 5.41) is 5.23. The molecule has 30 heavy (non-hydrogen) atoms. The lowest BCUT2D eigenvalue weighted by atomic mass is 10.1. The Balaban J connectivity index is 1.67. The summed E-state index contributed by atoms with van der Waals surface area (Å²) in [4.78, 5) is 31.6. The van der Waals surface area contributed by atoms with E-state index in [4.69, 9.17) is 4.74 Å². The summed E-state index contributed by atoms with van der Waals surface area (Å²) < 4.78 is 5.14. The molecule has 0 saturated carbocycles. The smallest absolute Gasteiger partial charge is 0.254 e. The lowest BCUT2D eigenvalue weighted by molar-refractivity contribution is -0.117. The molecule has 1 heterocycles. The molecule has 0 atom stereocenters. The molecule has 2 aromatic carbocycles. The average molecular weight is 424 g/mol. The van der Waals surface area contributed by atoms with Crippen molar-refractivity contribution in [2.75, 3.05) is 25.5 Å². The first-order valence-corrected chi connectivity index (χ1v) is 10.6. The minimum Gasteiger partial charge on any atom is -0.497 e. The third kappa shape index (κ3) is 5.67. The molecule has 0 unspecified atom stereocenters. The molecule has 1 N–H and O–H groups in total. The van der Waals surface area contributed by atoms with Crippen molar-refractivity contribution >= 4 is 28.3 Å². The highest BCUT2D eigenvalue weighted by Crippen LogP contribution is 2.24. The summed E-state index contributed by atoms with van der Waals surface area (Å²) in [5.74, 6) is 0.444. The van der Waals surface area contributed by atoms with Crippen molar-refractivity contribution in [3.63, 3.8) is 0 Å². The van der Waals surface area contributed by atoms with Gasteiger partial charge in [-0.05, 0) is 30.2 Å². The molecule has 0 spiro atoms. The number of amides is 2. The Morgan fingerprint density at radius 3 is 2.43 bits per heavy atom. The molecular weight excluding hydrogens is 398 g/mol. The topological polar surface area (TPSA) is 71.5 Å². The van der Waals surface area contributed by atoms with Crippen molar-refractivity contribution in [2.24, 2.45) is 5.92 Å². The summed E-state index contributed by atoms with van der Waals surface area (Å²) in [7, 11) is 1.58. The number of nitrogens with one attached hydrogen (secondary N) is 1. The van der Waals surface area contributed by atoms with Crippen molar-refractivity contribution in [2.45, 2.75) is 13.8 Å². The Labute approximate surface area is 180 Å². The molecule has 0 saturated heterocycles. The second-order valence-electron chi connectivity index (χ2n) is 7.26. The number of carbonyl (C=O) groups excluding carboxylic acids is 2. The highest BCUT2D eigenvalue weighted by molar-refractivity contribution is 7.14. The minimum absolute atomic E-state index is 0.0384. The number of anilines is 1. The first kappa shape index (κ1) is 21.5. The van der Waals surface area contributed by atoms with E-state index < -0.39 is 0 Å². The van der Waals surface area contributed by atoms with Crippen LogP contribution in [0.5, 0.6) is 5.75 Å². The molecule has 3 aromatic rings. The molecule has 1 aromatic heterocycles. The predicted molar refractivity (Wildman–Crippen MR) is 120 cm³/mol. The fourth-order valence-corrected chi connectivity index (χ4v) is 3.72. The van der Waals surface area contributed by atoms with Crippen LogP contribution < -0.4 is 10.1 Å². The Morgan fingerprint density at radius 2 is 1.80 bits per heavy atom. The quantitative estimate of drug-likeness (QED) is 0.577. The highest BCUT2D eigenvalue weighted by Gasteiger charge is 2.20. The maximum Gasteiger partial charge on any atom is 0.254 e. The van der Waals surface area contributed by atoms with E-state index in [0.29, 0.717) is 23.0 Å². The number of hydrogen-bond acceptors (Lipinski definition) is 5. The van der Waals surface area contributed by atoms with Gasteiger partial charge in [-0.15, -0.1) is 11.3 Å². The summed E-state index contributed by atoms with van der Waals surface area (Å²) >= 11 is 1.36. The van der Waals surface area contributed by atoms with Gasteiger partial charge in [-0.1, -0.05) is 44.2 Å². The number of carbonyl (C=O) groups is 2. The van der Waals surface area contributed by atoms with E-state index in [9.17, 15) is 9.59 Å². The van der Waals surface area contributed by atoms with Gasteiger partial charge in [-0.25, -0.2) is 4.98 Å². The van der Waals surface area contributed by atoms with E-state index in [1.54, 1.807) is 36.3 Å². The third-order valence-electron chi connectivity index (χ3n) is 4.36. The van der Waals surface area contributed by atoms with Gasteiger partial charge in [0.15, 0.2) is 5.13 Å². The second-order valence-corrected chi connectivity index (χ2v) is 8.12. The number of rotatable bonds is 8. The highest BCUT2D eigenvalue weighted by atomic mass is 32.1. The number of benzene rings is 2. The maximum atomic E-state index is 12.9. The zero-order chi connectivity index (χ0) is 21.5. The number of methoxy groups -OCH3 is 1. The van der Waals surface area contributed by atoms with Crippen LogP contribution >= 0.6 is 11.3 Å². The zero-order valence-corrected chi connectivity index (χ0v) is 18.1. The van der Waals surface area contributed by atoms with E-state index in [2.05, 4.69) is 10.3 Å². The molecule has 0 aliphatic heterocycles. The van der Waals surface area contributed by atoms with Crippen LogP contribution in [0.1, 0.15) is 24.2 Å². The van der Waals surface area contributed by atoms with Crippen LogP contribution in [0.25, 0.3) is 11.3 Å². The molecule has 0 aliphatic rings. The first-order chi connectivity index (χ1) is 14.5. The lowest BCUT2D eigenvalue weighted by Gasteiger charge is -2.24. The van der Waals surface area contributed by atoms with Crippen LogP contribution in [0.3, 0.4) is 0 Å². The number of nitrogens with zero attached hydrogens (tertiary/aromatic N) is 2. The molecular formula is C23H25N3O3S. The second kappa shape index (κ2) is 10.0. The van der Waals surface area contributed by atoms with Crippen molar-refractivity contribution in [3.8, 4) is 17.0 Å². The largest absolute Gasteiger partial charge is 0.497 e. The third-order valence-corrected chi connectivity index (χ3v) is 5.12. The molecule has 7 heteroatoms. The molecule has 156 valence electrons. The van der Waals surface area contributed by atoms with Crippen molar-refractivity contribution < 1.29 is 14.3 Å². The number of hydrogen-bond donors (Lipinski definition) is 1. The molecule has 6 nitrogen and oxygen atoms in total. The Hall–Kier alpha value is -3.19. The van der Waals surface area contributed by atoms with Crippen LogP contribution in [-0.2, 0) is 4.79 Å². The first-order valence-electron chi connectivity index (χ1n) is 9.70. The Morgan fingerprint density at radius 1 is 1.10 bits per heavy atom. The van der Waals surface area contributed by atoms with E-state index in [-0.39, 0.29) is 24.3 Å². The SMILES string of the molecule is COc1ccc(C(=O)N(CC(=O)Nc2nc(-c3ccccc3)cs2)CC(C)C)cc1. The summed E-state index contributed by atoms with van der Waals surface area (Å²) in [6.45, 7) is 4.47. The fraction of sp³-hybridized carbons (Fsp3) is 0.261. The number of aromatic nitrogens is 1. The molecule has 0 radical (unpaired) electrons. The Bertz CT molecular complexity index is 984. The predicted octanol–water partition coefficient (Wildman–Crippen LogP) is 4.56. The Kier molecular flexibility index (Phi) is 7.19. The van der Waals surface area contributed by atoms with Gasteiger partial charge in [0.2, 0.25) is 5.91 Å². The van der Waals surface area contributed by atoms with E-state index in [0.717, 1.165) is 11.3 Å². The van der Waals surface area contributed by atoms with Gasteiger partial charge in [0.1, 0.15) is 12.3 Å². The van der Waals surface area contributed by atoms with Crippen molar-refractivity contribution in [1.82, 2.24) is 9.88 Å². The summed E-state index contributed by atoms with van der Waals surface area (Å²) in [6.07, 6.45) is 0. The summed E-state index contributed by atoms with van der Waals surface area (Å²) in [6, 6.07) is 16.7. The van der Waals surface area contributed by atoms with Crippen molar-refractivity contribution in [3.05, 3.63) is 65.5 Å². The lowest BCUT2D eigenvalue weighted by Crippen LogP contribution is -2.40. The van der Waals surface area contributed by atoms with Gasteiger partial charge in [0.05, 0.1) is 12.8 Å². The average Bonchev–Trinajstić information content (AvgIpc) is 3.21. The fourth-order valence-electron chi connectivity index (χ4n) is 2.98. The zero-order valence-electron chi connectivity index (χ0n) is 17.3. The minimum atomic E-state index is -0.272. The van der Waals surface area contributed by atoms with E-state index in [1.165, 1.54) is 11.3 Å². The van der Waals surface area contributed by atoms with Crippen LogP contribution in [-0.4, -0.2) is 41.9 Å². The monoisotopic (exact) mass is 423 g/mol. The summed E-state index contributed by atoms with van der Waals surface area (Å²) in [5.41, 5.74) is 2.32. The van der Waals surface area contributed by atoms with Gasteiger partial charge in [0.25, 0.3) is 5.91 Å². The van der Waals surface area contributed by atoms with Crippen LogP contribution in [0.2, 0.25) is 0 Å². The molecule has 0 fully saturated rings. The van der Waals surface area contributed by atoms with Crippen LogP contribution in [0, 0.1) is 5.92 Å².